The summed E-state index contributed by atoms with van der Waals surface area (Å²) in [4.78, 5) is 0. The van der Waals surface area contributed by atoms with E-state index in [0.29, 0.717) is 0 Å². The fourth-order valence-corrected chi connectivity index (χ4v) is 1.36. The van der Waals surface area contributed by atoms with Crippen LogP contribution in [-0.4, -0.2) is 17.7 Å². The first-order valence-electron chi connectivity index (χ1n) is 5.37. The molecule has 0 rings (SSSR count). The summed E-state index contributed by atoms with van der Waals surface area (Å²) >= 11 is 5.10. The van der Waals surface area contributed by atoms with Crippen LogP contribution in [0, 0.1) is 0 Å². The first kappa shape index (κ1) is 13.4. The van der Waals surface area contributed by atoms with E-state index in [1.807, 2.05) is 13.0 Å². The van der Waals surface area contributed by atoms with E-state index in [-0.39, 0.29) is 6.04 Å². The Morgan fingerprint density at radius 2 is 2.14 bits per heavy atom. The molecule has 3 heteroatoms. The molecule has 0 saturated carbocycles. The predicted molar refractivity (Wildman–Crippen MR) is 67.5 cm³/mol. The lowest BCUT2D eigenvalue weighted by Crippen LogP contribution is -2.39. The topological polar surface area (TPSA) is 24.1 Å². The highest BCUT2D eigenvalue weighted by Gasteiger charge is 1.97. The van der Waals surface area contributed by atoms with Gasteiger partial charge in [0, 0.05) is 12.6 Å². The molecule has 0 spiro atoms. The van der Waals surface area contributed by atoms with Gasteiger partial charge in [0.2, 0.25) is 0 Å². The summed E-state index contributed by atoms with van der Waals surface area (Å²) in [6.07, 6.45) is 6.90. The molecule has 0 saturated heterocycles. The maximum atomic E-state index is 5.10. The summed E-state index contributed by atoms with van der Waals surface area (Å²) in [5.41, 5.74) is 0. The quantitative estimate of drug-likeness (QED) is 0.387. The molecule has 0 aromatic carbocycles. The molecular weight excluding hydrogens is 192 g/mol. The van der Waals surface area contributed by atoms with E-state index in [9.17, 15) is 0 Å². The molecule has 1 atom stereocenters. The molecule has 14 heavy (non-hydrogen) atoms. The molecule has 2 N–H and O–H groups in total. The Hall–Kier alpha value is -0.570. The fourth-order valence-electron chi connectivity index (χ4n) is 1.07. The number of hydrogen-bond donors (Lipinski definition) is 2. The molecule has 0 aromatic rings. The summed E-state index contributed by atoms with van der Waals surface area (Å²) in [7, 11) is 0. The second kappa shape index (κ2) is 9.00. The summed E-state index contributed by atoms with van der Waals surface area (Å²) in [6, 6.07) is 0.241. The van der Waals surface area contributed by atoms with E-state index in [1.165, 1.54) is 25.7 Å². The minimum atomic E-state index is 0.241. The molecule has 0 fully saturated rings. The molecular formula is C11H22N2S. The van der Waals surface area contributed by atoms with Crippen molar-refractivity contribution in [1.29, 1.82) is 0 Å². The van der Waals surface area contributed by atoms with Gasteiger partial charge in [-0.1, -0.05) is 32.3 Å². The van der Waals surface area contributed by atoms with Crippen molar-refractivity contribution >= 4 is 17.3 Å². The van der Waals surface area contributed by atoms with Crippen LogP contribution in [0.4, 0.5) is 0 Å². The van der Waals surface area contributed by atoms with Crippen molar-refractivity contribution in [3.63, 3.8) is 0 Å². The van der Waals surface area contributed by atoms with Crippen LogP contribution in [-0.2, 0) is 0 Å². The number of nitrogens with one attached hydrogen (secondary N) is 2. The molecule has 1 unspecified atom stereocenters. The van der Waals surface area contributed by atoms with E-state index < -0.39 is 0 Å². The van der Waals surface area contributed by atoms with E-state index in [1.54, 1.807) is 0 Å². The van der Waals surface area contributed by atoms with Crippen molar-refractivity contribution in [2.24, 2.45) is 0 Å². The first-order valence-corrected chi connectivity index (χ1v) is 5.78. The summed E-state index contributed by atoms with van der Waals surface area (Å²) in [5.74, 6) is 0. The Bertz CT molecular complexity index is 169. The van der Waals surface area contributed by atoms with Gasteiger partial charge in [-0.15, -0.1) is 6.58 Å². The molecule has 0 aliphatic carbocycles. The third-order valence-electron chi connectivity index (χ3n) is 2.03. The van der Waals surface area contributed by atoms with Gasteiger partial charge in [-0.05, 0) is 25.6 Å². The standard InChI is InChI=1S/C11H22N2S/c1-4-6-7-8-9-12-11(14)13-10(3)5-2/h5,10H,2,4,6-9H2,1,3H3,(H2,12,13,14). The Kier molecular flexibility index (Phi) is 8.64. The zero-order valence-corrected chi connectivity index (χ0v) is 10.1. The molecule has 0 aliphatic rings. The zero-order chi connectivity index (χ0) is 10.8. The normalized spacial score (nSPS) is 11.9. The highest BCUT2D eigenvalue weighted by Crippen LogP contribution is 1.96. The predicted octanol–water partition coefficient (Wildman–Crippen LogP) is 2.61. The van der Waals surface area contributed by atoms with Crippen LogP contribution < -0.4 is 10.6 Å². The Labute approximate surface area is 93.2 Å². The van der Waals surface area contributed by atoms with Crippen LogP contribution in [0.25, 0.3) is 0 Å². The van der Waals surface area contributed by atoms with Crippen molar-refractivity contribution in [2.75, 3.05) is 6.54 Å². The number of rotatable bonds is 7. The maximum absolute atomic E-state index is 5.10. The lowest BCUT2D eigenvalue weighted by atomic mass is 10.2. The Morgan fingerprint density at radius 1 is 1.43 bits per heavy atom. The van der Waals surface area contributed by atoms with Gasteiger partial charge in [0.25, 0.3) is 0 Å². The molecule has 0 heterocycles. The van der Waals surface area contributed by atoms with Gasteiger partial charge in [-0.2, -0.15) is 0 Å². The molecule has 0 amide bonds. The summed E-state index contributed by atoms with van der Waals surface area (Å²) in [6.45, 7) is 8.89. The molecule has 0 radical (unpaired) electrons. The SMILES string of the molecule is C=CC(C)NC(=S)NCCCCCC. The smallest absolute Gasteiger partial charge is 0.166 e. The summed E-state index contributed by atoms with van der Waals surface area (Å²) < 4.78 is 0. The first-order chi connectivity index (χ1) is 6.70. The molecule has 2 nitrogen and oxygen atoms in total. The van der Waals surface area contributed by atoms with E-state index >= 15 is 0 Å². The van der Waals surface area contributed by atoms with E-state index in [2.05, 4.69) is 24.1 Å². The molecule has 0 aliphatic heterocycles. The van der Waals surface area contributed by atoms with Crippen LogP contribution >= 0.6 is 12.2 Å². The van der Waals surface area contributed by atoms with Crippen molar-refractivity contribution in [3.8, 4) is 0 Å². The van der Waals surface area contributed by atoms with Gasteiger partial charge in [-0.25, -0.2) is 0 Å². The molecule has 0 aromatic heterocycles. The molecule has 82 valence electrons. The van der Waals surface area contributed by atoms with Gasteiger partial charge in [0.05, 0.1) is 0 Å². The maximum Gasteiger partial charge on any atom is 0.166 e. The average molecular weight is 214 g/mol. The average Bonchev–Trinajstić information content (AvgIpc) is 2.17. The van der Waals surface area contributed by atoms with E-state index in [4.69, 9.17) is 12.2 Å². The van der Waals surface area contributed by atoms with Crippen molar-refractivity contribution in [3.05, 3.63) is 12.7 Å². The van der Waals surface area contributed by atoms with Crippen LogP contribution in [0.1, 0.15) is 39.5 Å². The third kappa shape index (κ3) is 8.05. The zero-order valence-electron chi connectivity index (χ0n) is 9.31. The monoisotopic (exact) mass is 214 g/mol. The number of hydrogen-bond acceptors (Lipinski definition) is 1. The van der Waals surface area contributed by atoms with Gasteiger partial charge < -0.3 is 10.6 Å². The second-order valence-electron chi connectivity index (χ2n) is 3.49. The van der Waals surface area contributed by atoms with Crippen LogP contribution in [0.2, 0.25) is 0 Å². The lowest BCUT2D eigenvalue weighted by molar-refractivity contribution is 0.647. The minimum absolute atomic E-state index is 0.241. The van der Waals surface area contributed by atoms with Gasteiger partial charge in [0.15, 0.2) is 5.11 Å². The van der Waals surface area contributed by atoms with Crippen molar-refractivity contribution < 1.29 is 0 Å². The Morgan fingerprint density at radius 3 is 2.71 bits per heavy atom. The van der Waals surface area contributed by atoms with Gasteiger partial charge in [0.1, 0.15) is 0 Å². The molecule has 0 bridgehead atoms. The number of unbranched alkanes of at least 4 members (excludes halogenated alkanes) is 3. The van der Waals surface area contributed by atoms with E-state index in [0.717, 1.165) is 11.7 Å². The lowest BCUT2D eigenvalue weighted by Gasteiger charge is -2.13. The van der Waals surface area contributed by atoms with Crippen LogP contribution in [0.5, 0.6) is 0 Å². The highest BCUT2D eigenvalue weighted by atomic mass is 32.1. The van der Waals surface area contributed by atoms with Gasteiger partial charge in [-0.3, -0.25) is 0 Å². The minimum Gasteiger partial charge on any atom is -0.363 e. The van der Waals surface area contributed by atoms with Crippen LogP contribution in [0.3, 0.4) is 0 Å². The highest BCUT2D eigenvalue weighted by molar-refractivity contribution is 7.80. The third-order valence-corrected chi connectivity index (χ3v) is 2.29. The fraction of sp³-hybridized carbons (Fsp3) is 0.727. The second-order valence-corrected chi connectivity index (χ2v) is 3.89. The number of thiocarbonyl (C=S) groups is 1. The van der Waals surface area contributed by atoms with Gasteiger partial charge >= 0.3 is 0 Å². The van der Waals surface area contributed by atoms with Crippen molar-refractivity contribution in [1.82, 2.24) is 10.6 Å². The largest absolute Gasteiger partial charge is 0.363 e. The summed E-state index contributed by atoms with van der Waals surface area (Å²) in [5, 5.41) is 7.03. The van der Waals surface area contributed by atoms with Crippen molar-refractivity contribution in [2.45, 2.75) is 45.6 Å². The van der Waals surface area contributed by atoms with Crippen LogP contribution in [0.15, 0.2) is 12.7 Å². The Balaban J connectivity index is 3.31.